The summed E-state index contributed by atoms with van der Waals surface area (Å²) in [6, 6.07) is 39.9. The van der Waals surface area contributed by atoms with Gasteiger partial charge >= 0.3 is 6.18 Å². The molecule has 1 aliphatic heterocycles. The lowest BCUT2D eigenvalue weighted by Crippen LogP contribution is -2.40. The van der Waals surface area contributed by atoms with Gasteiger partial charge in [0, 0.05) is 37.3 Å². The molecule has 0 saturated carbocycles. The second-order valence-corrected chi connectivity index (χ2v) is 12.3. The fourth-order valence-corrected chi connectivity index (χ4v) is 6.61. The Morgan fingerprint density at radius 2 is 1.31 bits per heavy atom. The van der Waals surface area contributed by atoms with E-state index in [-0.39, 0.29) is 29.9 Å². The zero-order valence-corrected chi connectivity index (χ0v) is 26.5. The molecule has 6 rings (SSSR count). The Balaban J connectivity index is 1.08. The first-order valence-corrected chi connectivity index (χ1v) is 16.3. The maximum Gasteiger partial charge on any atom is 0.416 e. The summed E-state index contributed by atoms with van der Waals surface area (Å²) in [5, 5.41) is 3.17. The van der Waals surface area contributed by atoms with Crippen LogP contribution in [0.3, 0.4) is 0 Å². The van der Waals surface area contributed by atoms with E-state index in [0.29, 0.717) is 23.2 Å². The molecule has 4 nitrogen and oxygen atoms in total. The van der Waals surface area contributed by atoms with Gasteiger partial charge in [-0.25, -0.2) is 0 Å². The summed E-state index contributed by atoms with van der Waals surface area (Å²) in [5.41, 5.74) is 4.96. The molecule has 0 aliphatic carbocycles. The van der Waals surface area contributed by atoms with E-state index in [1.165, 1.54) is 12.1 Å². The number of carbonyl (C=O) groups is 2. The molecule has 1 amide bonds. The molecule has 1 fully saturated rings. The van der Waals surface area contributed by atoms with Gasteiger partial charge < -0.3 is 10.2 Å². The van der Waals surface area contributed by atoms with Crippen LogP contribution in [0.4, 0.5) is 18.9 Å². The molecular formula is C41H37F3N2O2. The van der Waals surface area contributed by atoms with Crippen molar-refractivity contribution in [2.75, 3.05) is 18.0 Å². The Morgan fingerprint density at radius 3 is 1.96 bits per heavy atom. The van der Waals surface area contributed by atoms with Crippen LogP contribution in [-0.2, 0) is 23.9 Å². The normalized spacial score (nSPS) is 14.4. The van der Waals surface area contributed by atoms with E-state index in [2.05, 4.69) is 10.2 Å². The molecule has 0 aromatic heterocycles. The summed E-state index contributed by atoms with van der Waals surface area (Å²) in [4.78, 5) is 29.3. The number of piperidine rings is 1. The predicted molar refractivity (Wildman–Crippen MR) is 184 cm³/mol. The standard InChI is InChI=1S/C41H37F3N2O2/c42-41(43,44)34-19-17-31(18-20-34)36-13-7-8-14-37(36)38(47)27-29-15-21-35(22-16-29)46-25-23-33(24-26-46)39(32-11-5-2-6-12-32)40(48)45-28-30-9-3-1-4-10-30/h1-22,33,39H,23-28H2,(H,45,48). The van der Waals surface area contributed by atoms with Crippen LogP contribution in [0.15, 0.2) is 133 Å². The molecule has 1 saturated heterocycles. The number of ketones is 1. The van der Waals surface area contributed by atoms with Crippen molar-refractivity contribution in [3.63, 3.8) is 0 Å². The van der Waals surface area contributed by atoms with Crippen LogP contribution in [0.5, 0.6) is 0 Å². The minimum atomic E-state index is -4.42. The molecule has 1 aliphatic rings. The molecular weight excluding hydrogens is 609 g/mol. The number of amides is 1. The second-order valence-electron chi connectivity index (χ2n) is 12.3. The SMILES string of the molecule is O=C(Cc1ccc(N2CCC(C(C(=O)NCc3ccccc3)c3ccccc3)CC2)cc1)c1ccccc1-c1ccc(C(F)(F)F)cc1. The molecule has 48 heavy (non-hydrogen) atoms. The highest BCUT2D eigenvalue weighted by Gasteiger charge is 2.33. The maximum atomic E-state index is 13.6. The molecule has 1 unspecified atom stereocenters. The van der Waals surface area contributed by atoms with Gasteiger partial charge in [0.25, 0.3) is 0 Å². The average Bonchev–Trinajstić information content (AvgIpc) is 3.12. The highest BCUT2D eigenvalue weighted by Crippen LogP contribution is 2.35. The third-order valence-corrected chi connectivity index (χ3v) is 9.18. The van der Waals surface area contributed by atoms with Crippen LogP contribution in [-0.4, -0.2) is 24.8 Å². The van der Waals surface area contributed by atoms with Gasteiger partial charge in [-0.3, -0.25) is 9.59 Å². The van der Waals surface area contributed by atoms with Gasteiger partial charge in [-0.05, 0) is 70.8 Å². The van der Waals surface area contributed by atoms with Crippen LogP contribution in [0.2, 0.25) is 0 Å². The van der Waals surface area contributed by atoms with Crippen molar-refractivity contribution in [3.05, 3.63) is 161 Å². The molecule has 0 radical (unpaired) electrons. The number of alkyl halides is 3. The first-order chi connectivity index (χ1) is 23.3. The first-order valence-electron chi connectivity index (χ1n) is 16.3. The number of halogens is 3. The maximum absolute atomic E-state index is 13.6. The van der Waals surface area contributed by atoms with Crippen molar-refractivity contribution in [1.29, 1.82) is 0 Å². The zero-order chi connectivity index (χ0) is 33.5. The summed E-state index contributed by atoms with van der Waals surface area (Å²) < 4.78 is 39.2. The van der Waals surface area contributed by atoms with E-state index < -0.39 is 11.7 Å². The number of hydrogen-bond acceptors (Lipinski definition) is 3. The molecule has 1 heterocycles. The lowest BCUT2D eigenvalue weighted by Gasteiger charge is -2.37. The van der Waals surface area contributed by atoms with Crippen LogP contribution in [0.1, 0.15) is 51.4 Å². The topological polar surface area (TPSA) is 49.4 Å². The molecule has 0 bridgehead atoms. The number of nitrogens with zero attached hydrogens (tertiary/aromatic N) is 1. The number of Topliss-reactive ketones (excluding diaryl/α,β-unsaturated/α-hetero) is 1. The summed E-state index contributed by atoms with van der Waals surface area (Å²) in [6.07, 6.45) is -2.49. The van der Waals surface area contributed by atoms with Gasteiger partial charge in [0.1, 0.15) is 0 Å². The smallest absolute Gasteiger partial charge is 0.372 e. The van der Waals surface area contributed by atoms with Gasteiger partial charge in [-0.1, -0.05) is 109 Å². The van der Waals surface area contributed by atoms with E-state index in [1.54, 1.807) is 24.3 Å². The number of carbonyl (C=O) groups excluding carboxylic acids is 2. The average molecular weight is 647 g/mol. The fraction of sp³-hybridized carbons (Fsp3) is 0.220. The van der Waals surface area contributed by atoms with Gasteiger partial charge in [0.2, 0.25) is 5.91 Å². The first kappa shape index (κ1) is 32.8. The summed E-state index contributed by atoms with van der Waals surface area (Å²) >= 11 is 0. The summed E-state index contributed by atoms with van der Waals surface area (Å²) in [6.45, 7) is 2.13. The van der Waals surface area contributed by atoms with Gasteiger partial charge in [0.15, 0.2) is 5.78 Å². The summed E-state index contributed by atoms with van der Waals surface area (Å²) in [5.74, 6) is -0.0640. The molecule has 0 spiro atoms. The van der Waals surface area contributed by atoms with Crippen molar-refractivity contribution in [1.82, 2.24) is 5.32 Å². The highest BCUT2D eigenvalue weighted by atomic mass is 19.4. The minimum absolute atomic E-state index is 0.0532. The van der Waals surface area contributed by atoms with E-state index in [0.717, 1.165) is 60.4 Å². The number of benzene rings is 5. The van der Waals surface area contributed by atoms with E-state index in [1.807, 2.05) is 84.9 Å². The van der Waals surface area contributed by atoms with Gasteiger partial charge in [0.05, 0.1) is 11.5 Å². The molecule has 244 valence electrons. The monoisotopic (exact) mass is 646 g/mol. The van der Waals surface area contributed by atoms with Crippen LogP contribution < -0.4 is 10.2 Å². The molecule has 1 atom stereocenters. The van der Waals surface area contributed by atoms with E-state index >= 15 is 0 Å². The Bertz CT molecular complexity index is 1810. The Labute approximate surface area is 279 Å². The van der Waals surface area contributed by atoms with Crippen LogP contribution in [0.25, 0.3) is 11.1 Å². The van der Waals surface area contributed by atoms with E-state index in [4.69, 9.17) is 0 Å². The predicted octanol–water partition coefficient (Wildman–Crippen LogP) is 9.11. The zero-order valence-electron chi connectivity index (χ0n) is 26.5. The quantitative estimate of drug-likeness (QED) is 0.154. The van der Waals surface area contributed by atoms with Crippen LogP contribution >= 0.6 is 0 Å². The van der Waals surface area contributed by atoms with Crippen molar-refractivity contribution in [3.8, 4) is 11.1 Å². The fourth-order valence-electron chi connectivity index (χ4n) is 6.61. The minimum Gasteiger partial charge on any atom is -0.372 e. The third-order valence-electron chi connectivity index (χ3n) is 9.18. The van der Waals surface area contributed by atoms with Gasteiger partial charge in [-0.15, -0.1) is 0 Å². The van der Waals surface area contributed by atoms with Crippen molar-refractivity contribution in [2.45, 2.75) is 37.9 Å². The van der Waals surface area contributed by atoms with E-state index in [9.17, 15) is 22.8 Å². The lowest BCUT2D eigenvalue weighted by atomic mass is 9.79. The number of hydrogen-bond donors (Lipinski definition) is 1. The van der Waals surface area contributed by atoms with Crippen LogP contribution in [0, 0.1) is 5.92 Å². The molecule has 5 aromatic rings. The largest absolute Gasteiger partial charge is 0.416 e. The van der Waals surface area contributed by atoms with Crippen molar-refractivity contribution in [2.24, 2.45) is 5.92 Å². The van der Waals surface area contributed by atoms with Crippen molar-refractivity contribution >= 4 is 17.4 Å². The Morgan fingerprint density at radius 1 is 0.708 bits per heavy atom. The number of anilines is 1. The Kier molecular flexibility index (Phi) is 10.0. The number of rotatable bonds is 10. The third kappa shape index (κ3) is 7.85. The molecule has 1 N–H and O–H groups in total. The highest BCUT2D eigenvalue weighted by molar-refractivity contribution is 6.03. The summed E-state index contributed by atoms with van der Waals surface area (Å²) in [7, 11) is 0. The Hall–Kier alpha value is -5.17. The molecule has 7 heteroatoms. The molecule has 5 aromatic carbocycles. The second kappa shape index (κ2) is 14.7. The lowest BCUT2D eigenvalue weighted by molar-refractivity contribution is -0.137. The number of nitrogens with one attached hydrogen (secondary N) is 1. The van der Waals surface area contributed by atoms with Crippen molar-refractivity contribution < 1.29 is 22.8 Å². The van der Waals surface area contributed by atoms with Gasteiger partial charge in [-0.2, -0.15) is 13.2 Å².